The molecule has 1 saturated heterocycles. The van der Waals surface area contributed by atoms with E-state index in [0.29, 0.717) is 19.3 Å². The number of anilines is 1. The average Bonchev–Trinajstić information content (AvgIpc) is 2.53. The Morgan fingerprint density at radius 1 is 1.18 bits per heavy atom. The molecule has 2 aliphatic rings. The smallest absolute Gasteiger partial charge is 0.264 e. The Balaban J connectivity index is 2.03. The molecule has 2 nitrogen and oxygen atoms in total. The second-order valence-electron chi connectivity index (χ2n) is 6.69. The zero-order chi connectivity index (χ0) is 15.7. The molecule has 0 unspecified atom stereocenters. The fourth-order valence-electron chi connectivity index (χ4n) is 3.78. The zero-order valence-electron chi connectivity index (χ0n) is 13.4. The molecule has 0 radical (unpaired) electrons. The molecule has 0 N–H and O–H groups in total. The Bertz CT molecular complexity index is 524. The number of nitrogens with zero attached hydrogens (tertiary/aromatic N) is 1. The van der Waals surface area contributed by atoms with Gasteiger partial charge in [-0.1, -0.05) is 6.07 Å². The summed E-state index contributed by atoms with van der Waals surface area (Å²) in [5.74, 6) is 0.220. The summed E-state index contributed by atoms with van der Waals surface area (Å²) in [5, 5.41) is 0. The van der Waals surface area contributed by atoms with Crippen molar-refractivity contribution < 1.29 is 13.5 Å². The van der Waals surface area contributed by atoms with Crippen molar-refractivity contribution in [2.75, 3.05) is 24.7 Å². The zero-order valence-corrected chi connectivity index (χ0v) is 13.4. The van der Waals surface area contributed by atoms with Gasteiger partial charge in [-0.25, -0.2) is 8.78 Å². The highest BCUT2D eigenvalue weighted by atomic mass is 19.3. The molecule has 0 atom stereocenters. The van der Waals surface area contributed by atoms with Gasteiger partial charge in [-0.2, -0.15) is 0 Å². The minimum absolute atomic E-state index is 0.220. The molecule has 0 aromatic heterocycles. The van der Waals surface area contributed by atoms with Gasteiger partial charge in [0.2, 0.25) is 0 Å². The normalized spacial score (nSPS) is 19.8. The Morgan fingerprint density at radius 3 is 2.55 bits per heavy atom. The summed E-state index contributed by atoms with van der Waals surface area (Å²) in [7, 11) is 0. The van der Waals surface area contributed by atoms with Crippen LogP contribution in [0, 0.1) is 0 Å². The van der Waals surface area contributed by atoms with Gasteiger partial charge >= 0.3 is 0 Å². The average molecular weight is 309 g/mol. The summed E-state index contributed by atoms with van der Waals surface area (Å²) in [5.41, 5.74) is 3.36. The monoisotopic (exact) mass is 309 g/mol. The molecular formula is C18H25F2NO. The van der Waals surface area contributed by atoms with Crippen LogP contribution >= 0.6 is 0 Å². The molecule has 3 rings (SSSR count). The van der Waals surface area contributed by atoms with Gasteiger partial charge < -0.3 is 9.64 Å². The first-order valence-electron chi connectivity index (χ1n) is 8.37. The van der Waals surface area contributed by atoms with Crippen LogP contribution < -0.4 is 4.90 Å². The van der Waals surface area contributed by atoms with Crippen LogP contribution in [0.1, 0.15) is 62.1 Å². The van der Waals surface area contributed by atoms with Crippen LogP contribution in [0.4, 0.5) is 14.5 Å². The van der Waals surface area contributed by atoms with Crippen LogP contribution in [0.15, 0.2) is 12.1 Å². The van der Waals surface area contributed by atoms with E-state index in [1.54, 1.807) is 6.07 Å². The summed E-state index contributed by atoms with van der Waals surface area (Å²) in [6.07, 6.45) is 1.41. The van der Waals surface area contributed by atoms with E-state index in [-0.39, 0.29) is 11.5 Å². The van der Waals surface area contributed by atoms with E-state index in [0.717, 1.165) is 43.5 Å². The van der Waals surface area contributed by atoms with Crippen LogP contribution in [0.3, 0.4) is 0 Å². The Hall–Kier alpha value is -1.16. The van der Waals surface area contributed by atoms with E-state index in [4.69, 9.17) is 4.74 Å². The molecule has 2 heterocycles. The first-order chi connectivity index (χ1) is 10.6. The fraction of sp³-hybridized carbons (Fsp3) is 0.667. The van der Waals surface area contributed by atoms with Gasteiger partial charge in [0.15, 0.2) is 0 Å². The topological polar surface area (TPSA) is 12.5 Å². The predicted molar refractivity (Wildman–Crippen MR) is 85.0 cm³/mol. The Morgan fingerprint density at radius 2 is 1.91 bits per heavy atom. The van der Waals surface area contributed by atoms with Crippen molar-refractivity contribution in [3.63, 3.8) is 0 Å². The highest BCUT2D eigenvalue weighted by Gasteiger charge is 2.27. The molecule has 1 fully saturated rings. The van der Waals surface area contributed by atoms with Gasteiger partial charge in [0.05, 0.1) is 0 Å². The Kier molecular flexibility index (Phi) is 4.67. The fourth-order valence-corrected chi connectivity index (χ4v) is 3.78. The van der Waals surface area contributed by atoms with Crippen molar-refractivity contribution in [2.24, 2.45) is 0 Å². The van der Waals surface area contributed by atoms with Crippen molar-refractivity contribution in [1.29, 1.82) is 0 Å². The number of rotatable bonds is 3. The van der Waals surface area contributed by atoms with E-state index in [9.17, 15) is 8.78 Å². The summed E-state index contributed by atoms with van der Waals surface area (Å²) in [6.45, 7) is 6.59. The minimum atomic E-state index is -2.40. The molecule has 1 aromatic rings. The lowest BCUT2D eigenvalue weighted by molar-refractivity contribution is 0.0835. The van der Waals surface area contributed by atoms with E-state index in [1.165, 1.54) is 5.56 Å². The van der Waals surface area contributed by atoms with Crippen LogP contribution in [-0.2, 0) is 11.2 Å². The maximum absolute atomic E-state index is 13.6. The van der Waals surface area contributed by atoms with Crippen LogP contribution in [-0.4, -0.2) is 25.8 Å². The number of hydrogen-bond donors (Lipinski definition) is 0. The number of benzene rings is 1. The van der Waals surface area contributed by atoms with Crippen molar-refractivity contribution in [2.45, 2.75) is 57.9 Å². The number of alkyl halides is 2. The van der Waals surface area contributed by atoms with Gasteiger partial charge in [0.1, 0.15) is 0 Å². The molecule has 0 amide bonds. The highest BCUT2D eigenvalue weighted by molar-refractivity contribution is 5.60. The molecule has 0 spiro atoms. The summed E-state index contributed by atoms with van der Waals surface area (Å²) in [4.78, 5) is 2.26. The molecule has 122 valence electrons. The predicted octanol–water partition coefficient (Wildman–Crippen LogP) is 4.68. The van der Waals surface area contributed by atoms with Crippen LogP contribution in [0.5, 0.6) is 0 Å². The molecule has 0 aliphatic carbocycles. The van der Waals surface area contributed by atoms with Crippen molar-refractivity contribution in [3.05, 3.63) is 28.8 Å². The molecule has 22 heavy (non-hydrogen) atoms. The van der Waals surface area contributed by atoms with Gasteiger partial charge in [0, 0.05) is 37.1 Å². The molecule has 0 saturated carbocycles. The van der Waals surface area contributed by atoms with E-state index >= 15 is 0 Å². The van der Waals surface area contributed by atoms with Crippen LogP contribution in [0.25, 0.3) is 0 Å². The highest BCUT2D eigenvalue weighted by Crippen LogP contribution is 2.40. The largest absolute Gasteiger partial charge is 0.381 e. The lowest BCUT2D eigenvalue weighted by atomic mass is 9.85. The number of aryl methyl sites for hydroxylation is 1. The number of ether oxygens (including phenoxy) is 1. The van der Waals surface area contributed by atoms with Crippen molar-refractivity contribution in [3.8, 4) is 0 Å². The van der Waals surface area contributed by atoms with Gasteiger partial charge in [-0.15, -0.1) is 0 Å². The Labute approximate surface area is 131 Å². The maximum atomic E-state index is 13.6. The quantitative estimate of drug-likeness (QED) is 0.804. The van der Waals surface area contributed by atoms with Crippen molar-refractivity contribution in [1.82, 2.24) is 0 Å². The van der Waals surface area contributed by atoms with E-state index < -0.39 is 6.43 Å². The summed E-state index contributed by atoms with van der Waals surface area (Å²) >= 11 is 0. The second-order valence-corrected chi connectivity index (χ2v) is 6.69. The number of hydrogen-bond acceptors (Lipinski definition) is 2. The maximum Gasteiger partial charge on any atom is 0.264 e. The molecule has 2 aliphatic heterocycles. The third kappa shape index (κ3) is 2.98. The first kappa shape index (κ1) is 15.7. The third-order valence-electron chi connectivity index (χ3n) is 4.96. The molecular weight excluding hydrogens is 284 g/mol. The van der Waals surface area contributed by atoms with Crippen molar-refractivity contribution >= 4 is 5.69 Å². The minimum Gasteiger partial charge on any atom is -0.381 e. The van der Waals surface area contributed by atoms with E-state index in [2.05, 4.69) is 24.8 Å². The third-order valence-corrected chi connectivity index (χ3v) is 4.96. The lowest BCUT2D eigenvalue weighted by Gasteiger charge is -2.36. The summed E-state index contributed by atoms with van der Waals surface area (Å²) < 4.78 is 32.6. The molecule has 0 bridgehead atoms. The molecule has 1 aromatic carbocycles. The lowest BCUT2D eigenvalue weighted by Crippen LogP contribution is -2.35. The SMILES string of the molecule is CC(C)N1CCCc2cc(C3CCOCC3)c(C(F)F)cc21. The van der Waals surface area contributed by atoms with Crippen LogP contribution in [0.2, 0.25) is 0 Å². The first-order valence-corrected chi connectivity index (χ1v) is 8.37. The standard InChI is InChI=1S/C18H25F2NO/c1-12(2)21-7-3-4-14-10-15(13-5-8-22-9-6-13)16(18(19)20)11-17(14)21/h10-13,18H,3-9H2,1-2H3. The van der Waals surface area contributed by atoms with Gasteiger partial charge in [-0.05, 0) is 62.6 Å². The van der Waals surface area contributed by atoms with Gasteiger partial charge in [0.25, 0.3) is 6.43 Å². The number of halogens is 2. The summed E-state index contributed by atoms with van der Waals surface area (Å²) in [6, 6.07) is 4.18. The second kappa shape index (κ2) is 6.53. The molecule has 4 heteroatoms. The number of fused-ring (bicyclic) bond motifs is 1. The van der Waals surface area contributed by atoms with Gasteiger partial charge in [-0.3, -0.25) is 0 Å². The van der Waals surface area contributed by atoms with E-state index in [1.807, 2.05) is 0 Å².